The number of rotatable bonds is 5. The molecule has 112 valence electrons. The molecule has 1 N–H and O–H groups in total. The van der Waals surface area contributed by atoms with Crippen LogP contribution in [0.1, 0.15) is 12.0 Å². The predicted molar refractivity (Wildman–Crippen MR) is 82.7 cm³/mol. The van der Waals surface area contributed by atoms with Gasteiger partial charge in [-0.3, -0.25) is 15.0 Å². The normalized spacial score (nSPS) is 18.8. The van der Waals surface area contributed by atoms with Gasteiger partial charge in [0.2, 0.25) is 0 Å². The minimum atomic E-state index is -0.340. The molecular weight excluding hydrogens is 301 g/mol. The number of nitro benzene ring substituents is 1. The Labute approximate surface area is 129 Å². The monoisotopic (exact) mass is 319 g/mol. The molecule has 1 saturated heterocycles. The third kappa shape index (κ3) is 4.31. The van der Waals surface area contributed by atoms with Gasteiger partial charge < -0.3 is 5.32 Å². The van der Waals surface area contributed by atoms with Crippen LogP contribution in [0.25, 0.3) is 0 Å². The molecular formula is C13H19Cl2N3O2. The Morgan fingerprint density at radius 1 is 1.55 bits per heavy atom. The fourth-order valence-electron chi connectivity index (χ4n) is 2.61. The van der Waals surface area contributed by atoms with Gasteiger partial charge in [0.25, 0.3) is 5.69 Å². The summed E-state index contributed by atoms with van der Waals surface area (Å²) in [5, 5.41) is 14.7. The lowest BCUT2D eigenvalue weighted by atomic mass is 10.1. The molecule has 1 heterocycles. The number of nitro groups is 1. The molecule has 1 aliphatic rings. The zero-order chi connectivity index (χ0) is 13.8. The van der Waals surface area contributed by atoms with E-state index in [1.165, 1.54) is 6.07 Å². The predicted octanol–water partition coefficient (Wildman–Crippen LogP) is 2.71. The minimum absolute atomic E-state index is 0. The zero-order valence-corrected chi connectivity index (χ0v) is 12.9. The molecule has 0 spiro atoms. The van der Waals surface area contributed by atoms with E-state index in [-0.39, 0.29) is 23.0 Å². The summed E-state index contributed by atoms with van der Waals surface area (Å²) < 4.78 is 0. The van der Waals surface area contributed by atoms with Crippen molar-refractivity contribution in [2.45, 2.75) is 13.0 Å². The highest BCUT2D eigenvalue weighted by atomic mass is 35.5. The second-order valence-corrected chi connectivity index (χ2v) is 5.41. The van der Waals surface area contributed by atoms with Crippen LogP contribution in [0.2, 0.25) is 5.02 Å². The highest BCUT2D eigenvalue weighted by Gasteiger charge is 2.24. The topological polar surface area (TPSA) is 58.4 Å². The molecule has 0 amide bonds. The number of benzene rings is 1. The van der Waals surface area contributed by atoms with Gasteiger partial charge >= 0.3 is 0 Å². The maximum Gasteiger partial charge on any atom is 0.273 e. The fraction of sp³-hybridized carbons (Fsp3) is 0.538. The summed E-state index contributed by atoms with van der Waals surface area (Å²) in [6.45, 7) is 3.55. The van der Waals surface area contributed by atoms with E-state index in [1.807, 2.05) is 7.05 Å². The van der Waals surface area contributed by atoms with Crippen molar-refractivity contribution in [3.63, 3.8) is 0 Å². The van der Waals surface area contributed by atoms with E-state index < -0.39 is 0 Å². The Morgan fingerprint density at radius 2 is 2.30 bits per heavy atom. The molecule has 1 aromatic rings. The third-order valence-electron chi connectivity index (χ3n) is 3.49. The van der Waals surface area contributed by atoms with Gasteiger partial charge in [-0.05, 0) is 44.6 Å². The zero-order valence-electron chi connectivity index (χ0n) is 11.3. The highest BCUT2D eigenvalue weighted by molar-refractivity contribution is 6.30. The van der Waals surface area contributed by atoms with Gasteiger partial charge in [-0.15, -0.1) is 12.4 Å². The number of nitrogens with zero attached hydrogens (tertiary/aromatic N) is 2. The molecule has 1 aromatic carbocycles. The Kier molecular flexibility index (Phi) is 6.68. The van der Waals surface area contributed by atoms with Gasteiger partial charge in [-0.25, -0.2) is 0 Å². The van der Waals surface area contributed by atoms with Crippen LogP contribution < -0.4 is 5.32 Å². The molecule has 7 heteroatoms. The average molecular weight is 320 g/mol. The molecule has 0 bridgehead atoms. The lowest BCUT2D eigenvalue weighted by molar-refractivity contribution is -0.385. The second kappa shape index (κ2) is 7.78. The summed E-state index contributed by atoms with van der Waals surface area (Å²) >= 11 is 5.93. The maximum absolute atomic E-state index is 11.0. The number of hydrogen-bond acceptors (Lipinski definition) is 4. The second-order valence-electron chi connectivity index (χ2n) is 4.98. The Hall–Kier alpha value is -0.880. The van der Waals surface area contributed by atoms with Crippen LogP contribution in [0, 0.1) is 16.0 Å². The van der Waals surface area contributed by atoms with Crippen molar-refractivity contribution in [3.8, 4) is 0 Å². The van der Waals surface area contributed by atoms with E-state index in [0.29, 0.717) is 23.0 Å². The summed E-state index contributed by atoms with van der Waals surface area (Å²) in [5.74, 6) is 0.628. The van der Waals surface area contributed by atoms with Gasteiger partial charge in [0.05, 0.1) is 4.92 Å². The van der Waals surface area contributed by atoms with Crippen molar-refractivity contribution >= 4 is 29.7 Å². The van der Waals surface area contributed by atoms with Crippen LogP contribution >= 0.6 is 24.0 Å². The molecule has 20 heavy (non-hydrogen) atoms. The molecule has 0 saturated carbocycles. The molecule has 5 nitrogen and oxygen atoms in total. The van der Waals surface area contributed by atoms with Crippen LogP contribution in [0.5, 0.6) is 0 Å². The number of halogens is 2. The Balaban J connectivity index is 0.00000200. The van der Waals surface area contributed by atoms with E-state index in [4.69, 9.17) is 11.6 Å². The van der Waals surface area contributed by atoms with Crippen LogP contribution in [-0.4, -0.2) is 36.5 Å². The first-order chi connectivity index (χ1) is 9.10. The number of hydrogen-bond donors (Lipinski definition) is 1. The van der Waals surface area contributed by atoms with Crippen molar-refractivity contribution in [2.75, 3.05) is 26.7 Å². The van der Waals surface area contributed by atoms with Crippen molar-refractivity contribution in [3.05, 3.63) is 38.9 Å². The van der Waals surface area contributed by atoms with Gasteiger partial charge in [-0.2, -0.15) is 0 Å². The molecule has 1 unspecified atom stereocenters. The van der Waals surface area contributed by atoms with E-state index in [2.05, 4.69) is 10.2 Å². The van der Waals surface area contributed by atoms with E-state index in [1.54, 1.807) is 12.1 Å². The van der Waals surface area contributed by atoms with E-state index >= 15 is 0 Å². The number of nitrogens with one attached hydrogen (secondary N) is 1. The lowest BCUT2D eigenvalue weighted by Crippen LogP contribution is -2.24. The molecule has 0 radical (unpaired) electrons. The maximum atomic E-state index is 11.0. The average Bonchev–Trinajstić information content (AvgIpc) is 2.77. The quantitative estimate of drug-likeness (QED) is 0.669. The Morgan fingerprint density at radius 3 is 2.95 bits per heavy atom. The fourth-order valence-corrected chi connectivity index (χ4v) is 2.81. The molecule has 1 fully saturated rings. The van der Waals surface area contributed by atoms with Crippen molar-refractivity contribution in [1.82, 2.24) is 10.2 Å². The molecule has 0 aromatic heterocycles. The summed E-state index contributed by atoms with van der Waals surface area (Å²) in [5.41, 5.74) is 0.851. The van der Waals surface area contributed by atoms with Gasteiger partial charge in [0.1, 0.15) is 0 Å². The largest absolute Gasteiger partial charge is 0.319 e. The van der Waals surface area contributed by atoms with Gasteiger partial charge in [0.15, 0.2) is 0 Å². The molecule has 1 atom stereocenters. The number of likely N-dealkylation sites (tertiary alicyclic amines) is 1. The SMILES string of the molecule is CNCC1CCN(Cc2cc(Cl)ccc2[N+](=O)[O-])C1.Cl. The molecule has 1 aliphatic heterocycles. The van der Waals surface area contributed by atoms with Crippen LogP contribution in [0.15, 0.2) is 18.2 Å². The first-order valence-electron chi connectivity index (χ1n) is 6.40. The van der Waals surface area contributed by atoms with Crippen LogP contribution in [0.4, 0.5) is 5.69 Å². The van der Waals surface area contributed by atoms with Crippen molar-refractivity contribution in [2.24, 2.45) is 5.92 Å². The summed E-state index contributed by atoms with van der Waals surface area (Å²) in [7, 11) is 1.95. The Bertz CT molecular complexity index is 471. The van der Waals surface area contributed by atoms with Crippen LogP contribution in [-0.2, 0) is 6.54 Å². The van der Waals surface area contributed by atoms with Gasteiger partial charge in [0, 0.05) is 29.7 Å². The summed E-state index contributed by atoms with van der Waals surface area (Å²) in [6.07, 6.45) is 1.13. The summed E-state index contributed by atoms with van der Waals surface area (Å²) in [6, 6.07) is 4.75. The molecule has 2 rings (SSSR count). The van der Waals surface area contributed by atoms with E-state index in [0.717, 1.165) is 26.1 Å². The highest BCUT2D eigenvalue weighted by Crippen LogP contribution is 2.26. The first kappa shape index (κ1) is 17.2. The van der Waals surface area contributed by atoms with E-state index in [9.17, 15) is 10.1 Å². The van der Waals surface area contributed by atoms with Crippen molar-refractivity contribution < 1.29 is 4.92 Å². The first-order valence-corrected chi connectivity index (χ1v) is 6.77. The van der Waals surface area contributed by atoms with Crippen LogP contribution in [0.3, 0.4) is 0 Å². The third-order valence-corrected chi connectivity index (χ3v) is 3.73. The smallest absolute Gasteiger partial charge is 0.273 e. The standard InChI is InChI=1S/C13H18ClN3O2.ClH/c1-15-7-10-4-5-16(8-10)9-11-6-12(14)2-3-13(11)17(18)19;/h2-3,6,10,15H,4-5,7-9H2,1H3;1H. The minimum Gasteiger partial charge on any atom is -0.319 e. The van der Waals surface area contributed by atoms with Crippen molar-refractivity contribution in [1.29, 1.82) is 0 Å². The lowest BCUT2D eigenvalue weighted by Gasteiger charge is -2.16. The summed E-state index contributed by atoms with van der Waals surface area (Å²) in [4.78, 5) is 12.9. The van der Waals surface area contributed by atoms with Gasteiger partial charge in [-0.1, -0.05) is 11.6 Å². The molecule has 0 aliphatic carbocycles.